The van der Waals surface area contributed by atoms with E-state index in [4.69, 9.17) is 16.3 Å². The largest absolute Gasteiger partial charge is 0.495 e. The minimum Gasteiger partial charge on any atom is -0.495 e. The third-order valence-corrected chi connectivity index (χ3v) is 5.47. The van der Waals surface area contributed by atoms with Gasteiger partial charge in [0, 0.05) is 16.0 Å². The molecule has 0 bridgehead atoms. The van der Waals surface area contributed by atoms with Gasteiger partial charge in [0.05, 0.1) is 30.6 Å². The van der Waals surface area contributed by atoms with Gasteiger partial charge in [-0.3, -0.25) is 4.79 Å². The maximum Gasteiger partial charge on any atom is 0.388 e. The van der Waals surface area contributed by atoms with Gasteiger partial charge in [-0.1, -0.05) is 11.6 Å². The van der Waals surface area contributed by atoms with Gasteiger partial charge in [0.15, 0.2) is 5.06 Å². The summed E-state index contributed by atoms with van der Waals surface area (Å²) in [6.07, 6.45) is -0.149. The molecule has 0 radical (unpaired) electrons. The zero-order valence-corrected chi connectivity index (χ0v) is 16.0. The predicted octanol–water partition coefficient (Wildman–Crippen LogP) is 4.95. The monoisotopic (exact) mass is 415 g/mol. The lowest BCUT2D eigenvalue weighted by Crippen LogP contribution is -2.04. The molecule has 1 N–H and O–H groups in total. The van der Waals surface area contributed by atoms with E-state index in [2.05, 4.69) is 4.74 Å². The number of aliphatic carboxylic acids is 1. The summed E-state index contributed by atoms with van der Waals surface area (Å²) in [5, 5.41) is 10.5. The summed E-state index contributed by atoms with van der Waals surface area (Å²) in [5.74, 6) is -0.494. The van der Waals surface area contributed by atoms with Crippen molar-refractivity contribution in [3.63, 3.8) is 0 Å². The smallest absolute Gasteiger partial charge is 0.388 e. The number of methoxy groups -OCH3 is 1. The summed E-state index contributed by atoms with van der Waals surface area (Å²) in [7, 11) is 1.49. The highest BCUT2D eigenvalue weighted by atomic mass is 35.5. The molecule has 27 heavy (non-hydrogen) atoms. The Morgan fingerprint density at radius 1 is 1.37 bits per heavy atom. The van der Waals surface area contributed by atoms with E-state index in [9.17, 15) is 18.7 Å². The number of fused-ring (bicyclic) bond motifs is 1. The molecule has 0 fully saturated rings. The molecule has 0 amide bonds. The van der Waals surface area contributed by atoms with Gasteiger partial charge in [-0.15, -0.1) is 11.3 Å². The summed E-state index contributed by atoms with van der Waals surface area (Å²) in [6.45, 7) is -0.677. The second kappa shape index (κ2) is 7.74. The lowest BCUT2D eigenvalue weighted by molar-refractivity contribution is -0.136. The van der Waals surface area contributed by atoms with Crippen molar-refractivity contribution in [2.75, 3.05) is 7.11 Å². The molecule has 0 atom stereocenters. The van der Waals surface area contributed by atoms with E-state index in [1.165, 1.54) is 13.2 Å². The maximum atomic E-state index is 12.4. The quantitative estimate of drug-likeness (QED) is 0.593. The molecule has 0 saturated carbocycles. The highest BCUT2D eigenvalue weighted by molar-refractivity contribution is 7.13. The van der Waals surface area contributed by atoms with Crippen LogP contribution in [0, 0.1) is 6.92 Å². The van der Waals surface area contributed by atoms with Gasteiger partial charge >= 0.3 is 12.6 Å². The van der Waals surface area contributed by atoms with Crippen LogP contribution in [0.3, 0.4) is 0 Å². The fourth-order valence-electron chi connectivity index (χ4n) is 3.03. The number of carboxylic acids is 1. The van der Waals surface area contributed by atoms with Crippen molar-refractivity contribution < 1.29 is 28.2 Å². The summed E-state index contributed by atoms with van der Waals surface area (Å²) in [4.78, 5) is 12.1. The van der Waals surface area contributed by atoms with E-state index in [1.54, 1.807) is 18.2 Å². The van der Waals surface area contributed by atoms with Crippen LogP contribution in [-0.2, 0) is 17.8 Å². The molecule has 9 heteroatoms. The van der Waals surface area contributed by atoms with Crippen molar-refractivity contribution in [3.05, 3.63) is 45.4 Å². The number of carboxylic acid groups (broad SMARTS) is 1. The lowest BCUT2D eigenvalue weighted by Gasteiger charge is -2.08. The van der Waals surface area contributed by atoms with Gasteiger partial charge < -0.3 is 19.1 Å². The molecule has 2 aromatic heterocycles. The number of alkyl halides is 2. The topological polar surface area (TPSA) is 60.7 Å². The van der Waals surface area contributed by atoms with Gasteiger partial charge in [0.1, 0.15) is 5.75 Å². The third kappa shape index (κ3) is 4.01. The fraction of sp³-hybridized carbons (Fsp3) is 0.278. The number of hydrogen-bond acceptors (Lipinski definition) is 4. The van der Waals surface area contributed by atoms with Crippen LogP contribution in [0.25, 0.3) is 10.9 Å². The number of rotatable bonds is 7. The molecule has 0 spiro atoms. The Labute approximate surface area is 162 Å². The number of hydrogen-bond donors (Lipinski definition) is 1. The van der Waals surface area contributed by atoms with Crippen LogP contribution < -0.4 is 9.47 Å². The molecule has 0 aliphatic carbocycles. The van der Waals surface area contributed by atoms with Crippen molar-refractivity contribution in [3.8, 4) is 10.8 Å². The van der Waals surface area contributed by atoms with Crippen LogP contribution in [0.1, 0.15) is 16.1 Å². The number of thiophene rings is 1. The average Bonchev–Trinajstić information content (AvgIpc) is 3.11. The second-order valence-electron chi connectivity index (χ2n) is 5.82. The molecular weight excluding hydrogens is 400 g/mol. The molecule has 3 aromatic rings. The molecule has 0 aliphatic rings. The van der Waals surface area contributed by atoms with Crippen molar-refractivity contribution in [2.24, 2.45) is 0 Å². The van der Waals surface area contributed by atoms with E-state index in [1.807, 2.05) is 11.5 Å². The summed E-state index contributed by atoms with van der Waals surface area (Å²) < 4.78 is 36.3. The molecule has 3 rings (SSSR count). The highest BCUT2D eigenvalue weighted by Gasteiger charge is 2.19. The van der Waals surface area contributed by atoms with Gasteiger partial charge in [-0.25, -0.2) is 0 Å². The van der Waals surface area contributed by atoms with Crippen LogP contribution in [0.4, 0.5) is 8.78 Å². The maximum absolute atomic E-state index is 12.4. The van der Waals surface area contributed by atoms with Crippen LogP contribution in [0.5, 0.6) is 10.8 Å². The van der Waals surface area contributed by atoms with Crippen molar-refractivity contribution in [2.45, 2.75) is 26.5 Å². The average molecular weight is 416 g/mol. The number of nitrogens with zero attached hydrogens (tertiary/aromatic N) is 1. The number of ether oxygens (including phenoxy) is 2. The number of halogens is 3. The van der Waals surface area contributed by atoms with Gasteiger partial charge in [-0.2, -0.15) is 8.78 Å². The van der Waals surface area contributed by atoms with Gasteiger partial charge in [0.25, 0.3) is 0 Å². The first kappa shape index (κ1) is 19.4. The van der Waals surface area contributed by atoms with Gasteiger partial charge in [0.2, 0.25) is 0 Å². The molecule has 0 saturated heterocycles. The Bertz CT molecular complexity index is 999. The molecule has 2 heterocycles. The predicted molar refractivity (Wildman–Crippen MR) is 99.6 cm³/mol. The van der Waals surface area contributed by atoms with E-state index >= 15 is 0 Å². The Kier molecular flexibility index (Phi) is 5.57. The van der Waals surface area contributed by atoms with E-state index in [0.29, 0.717) is 22.9 Å². The first-order chi connectivity index (χ1) is 12.8. The fourth-order valence-corrected chi connectivity index (χ4v) is 4.11. The number of carbonyl (C=O) groups is 1. The first-order valence-electron chi connectivity index (χ1n) is 7.90. The zero-order chi connectivity index (χ0) is 19.7. The van der Waals surface area contributed by atoms with Crippen LogP contribution in [0.2, 0.25) is 5.02 Å². The molecule has 1 aromatic carbocycles. The Balaban J connectivity index is 2.08. The van der Waals surface area contributed by atoms with Gasteiger partial charge in [-0.05, 0) is 36.8 Å². The normalized spacial score (nSPS) is 11.3. The van der Waals surface area contributed by atoms with Crippen molar-refractivity contribution >= 4 is 39.8 Å². The number of benzene rings is 1. The number of aromatic nitrogens is 1. The molecular formula is C18H16ClF2NO4S. The molecule has 0 unspecified atom stereocenters. The van der Waals surface area contributed by atoms with Crippen LogP contribution >= 0.6 is 22.9 Å². The van der Waals surface area contributed by atoms with E-state index < -0.39 is 12.6 Å². The zero-order valence-electron chi connectivity index (χ0n) is 14.5. The Morgan fingerprint density at radius 2 is 2.11 bits per heavy atom. The third-order valence-electron chi connectivity index (χ3n) is 4.21. The molecule has 144 valence electrons. The summed E-state index contributed by atoms with van der Waals surface area (Å²) in [6, 6.07) is 6.63. The molecule has 0 aliphatic heterocycles. The molecule has 5 nitrogen and oxygen atoms in total. The first-order valence-corrected chi connectivity index (χ1v) is 9.10. The lowest BCUT2D eigenvalue weighted by atomic mass is 10.1. The van der Waals surface area contributed by atoms with Crippen molar-refractivity contribution in [1.82, 2.24) is 4.57 Å². The van der Waals surface area contributed by atoms with Crippen LogP contribution in [-0.4, -0.2) is 29.4 Å². The Hall–Kier alpha value is -2.32. The van der Waals surface area contributed by atoms with E-state index in [-0.39, 0.29) is 11.5 Å². The SMILES string of the molecule is COc1cc2c(CC(=O)O)c(C)n(Cc3ccc(OC(F)F)s3)c2cc1Cl. The standard InChI is InChI=1S/C18H16ClF2NO4S/c1-9-11(6-16(23)24)12-5-15(25-2)13(19)7-14(12)22(9)8-10-3-4-17(27-10)26-18(20)21/h3-5,7,18H,6,8H2,1-2H3,(H,23,24). The minimum absolute atomic E-state index is 0.125. The van der Waals surface area contributed by atoms with Crippen LogP contribution in [0.15, 0.2) is 24.3 Å². The summed E-state index contributed by atoms with van der Waals surface area (Å²) >= 11 is 7.36. The second-order valence-corrected chi connectivity index (χ2v) is 7.36. The summed E-state index contributed by atoms with van der Waals surface area (Å²) in [5.41, 5.74) is 2.17. The Morgan fingerprint density at radius 3 is 2.74 bits per heavy atom. The highest BCUT2D eigenvalue weighted by Crippen LogP contribution is 2.36. The van der Waals surface area contributed by atoms with Crippen molar-refractivity contribution in [1.29, 1.82) is 0 Å². The minimum atomic E-state index is -2.88. The van der Waals surface area contributed by atoms with E-state index in [0.717, 1.165) is 32.8 Å².